The number of aromatic nitrogens is 5. The van der Waals surface area contributed by atoms with Gasteiger partial charge in [-0.25, -0.2) is 0 Å². The summed E-state index contributed by atoms with van der Waals surface area (Å²) in [6, 6.07) is 6.27. The molecular formula is C18H17F3N6O2. The minimum Gasteiger partial charge on any atom is -0.340 e. The second-order valence-electron chi connectivity index (χ2n) is 6.82. The molecule has 8 nitrogen and oxygen atoms in total. The third-order valence-electron chi connectivity index (χ3n) is 4.79. The van der Waals surface area contributed by atoms with Gasteiger partial charge in [-0.05, 0) is 31.5 Å². The van der Waals surface area contributed by atoms with Crippen molar-refractivity contribution in [1.29, 1.82) is 0 Å². The fourth-order valence-corrected chi connectivity index (χ4v) is 3.23. The minimum absolute atomic E-state index is 0.107. The first-order chi connectivity index (χ1) is 13.8. The highest BCUT2D eigenvalue weighted by molar-refractivity contribution is 5.76. The van der Waals surface area contributed by atoms with E-state index in [1.54, 1.807) is 23.2 Å². The monoisotopic (exact) mass is 406 g/mol. The van der Waals surface area contributed by atoms with Crippen LogP contribution in [0.1, 0.15) is 29.6 Å². The molecule has 4 heterocycles. The molecule has 11 heteroatoms. The summed E-state index contributed by atoms with van der Waals surface area (Å²) >= 11 is 0. The number of aryl methyl sites for hydroxylation is 1. The Balaban J connectivity index is 1.41. The number of rotatable bonds is 4. The number of nitrogens with zero attached hydrogens (tertiary/aromatic N) is 6. The number of hydrogen-bond acceptors (Lipinski definition) is 6. The van der Waals surface area contributed by atoms with Gasteiger partial charge in [0.1, 0.15) is 12.2 Å². The van der Waals surface area contributed by atoms with Crippen LogP contribution in [0.25, 0.3) is 11.6 Å². The van der Waals surface area contributed by atoms with E-state index in [-0.39, 0.29) is 24.1 Å². The van der Waals surface area contributed by atoms with E-state index in [9.17, 15) is 18.0 Å². The average molecular weight is 406 g/mol. The van der Waals surface area contributed by atoms with Crippen LogP contribution in [0.15, 0.2) is 35.0 Å². The van der Waals surface area contributed by atoms with E-state index in [0.29, 0.717) is 36.9 Å². The molecule has 152 valence electrons. The van der Waals surface area contributed by atoms with Gasteiger partial charge >= 0.3 is 6.18 Å². The molecular weight excluding hydrogens is 389 g/mol. The largest absolute Gasteiger partial charge is 0.435 e. The average Bonchev–Trinajstić information content (AvgIpc) is 3.41. The molecule has 3 aromatic heterocycles. The molecule has 0 bridgehead atoms. The van der Waals surface area contributed by atoms with E-state index < -0.39 is 11.9 Å². The third kappa shape index (κ3) is 3.98. The second kappa shape index (κ2) is 7.30. The van der Waals surface area contributed by atoms with E-state index in [2.05, 4.69) is 20.2 Å². The zero-order valence-corrected chi connectivity index (χ0v) is 15.4. The van der Waals surface area contributed by atoms with Crippen molar-refractivity contribution in [2.45, 2.75) is 32.0 Å². The van der Waals surface area contributed by atoms with Crippen LogP contribution in [0.5, 0.6) is 0 Å². The van der Waals surface area contributed by atoms with Crippen molar-refractivity contribution >= 4 is 5.91 Å². The lowest BCUT2D eigenvalue weighted by molar-refractivity contribution is -0.142. The van der Waals surface area contributed by atoms with Gasteiger partial charge in [0.05, 0.1) is 0 Å². The Kier molecular flexibility index (Phi) is 4.81. The van der Waals surface area contributed by atoms with Crippen molar-refractivity contribution in [1.82, 2.24) is 29.8 Å². The van der Waals surface area contributed by atoms with Gasteiger partial charge in [-0.1, -0.05) is 11.2 Å². The van der Waals surface area contributed by atoms with E-state index in [1.165, 1.54) is 6.92 Å². The van der Waals surface area contributed by atoms with Crippen LogP contribution < -0.4 is 0 Å². The van der Waals surface area contributed by atoms with Crippen LogP contribution in [-0.2, 0) is 17.5 Å². The Morgan fingerprint density at radius 2 is 2.17 bits per heavy atom. The Hall–Kier alpha value is -3.24. The molecule has 0 aliphatic carbocycles. The molecule has 29 heavy (non-hydrogen) atoms. The summed E-state index contributed by atoms with van der Waals surface area (Å²) in [5.41, 5.74) is -0.164. The number of hydrogen-bond donors (Lipinski definition) is 0. The summed E-state index contributed by atoms with van der Waals surface area (Å²) < 4.78 is 44.7. The van der Waals surface area contributed by atoms with E-state index >= 15 is 0 Å². The zero-order chi connectivity index (χ0) is 20.6. The van der Waals surface area contributed by atoms with E-state index in [4.69, 9.17) is 4.52 Å². The van der Waals surface area contributed by atoms with Gasteiger partial charge in [0, 0.05) is 30.9 Å². The first-order valence-corrected chi connectivity index (χ1v) is 8.95. The predicted molar refractivity (Wildman–Crippen MR) is 93.4 cm³/mol. The molecule has 1 unspecified atom stereocenters. The van der Waals surface area contributed by atoms with Gasteiger partial charge in [0.2, 0.25) is 5.91 Å². The Labute approximate surface area is 163 Å². The number of carbonyl (C=O) groups is 1. The Morgan fingerprint density at radius 3 is 2.86 bits per heavy atom. The maximum atomic E-state index is 12.8. The van der Waals surface area contributed by atoms with Gasteiger partial charge < -0.3 is 9.42 Å². The second-order valence-corrected chi connectivity index (χ2v) is 6.82. The van der Waals surface area contributed by atoms with Gasteiger partial charge in [0.25, 0.3) is 5.89 Å². The van der Waals surface area contributed by atoms with Crippen molar-refractivity contribution in [2.75, 3.05) is 13.1 Å². The van der Waals surface area contributed by atoms with Crippen molar-refractivity contribution in [3.8, 4) is 11.6 Å². The van der Waals surface area contributed by atoms with Crippen LogP contribution in [0.4, 0.5) is 13.2 Å². The highest BCUT2D eigenvalue weighted by Gasteiger charge is 2.35. The summed E-state index contributed by atoms with van der Waals surface area (Å²) in [5, 5.41) is 7.49. The van der Waals surface area contributed by atoms with Gasteiger partial charge in [-0.15, -0.1) is 0 Å². The Morgan fingerprint density at radius 1 is 1.34 bits per heavy atom. The molecule has 0 N–H and O–H groups in total. The topological polar surface area (TPSA) is 89.9 Å². The molecule has 3 aromatic rings. The normalized spacial score (nSPS) is 17.1. The van der Waals surface area contributed by atoms with Crippen LogP contribution in [0, 0.1) is 6.92 Å². The van der Waals surface area contributed by atoms with Gasteiger partial charge in [0.15, 0.2) is 11.5 Å². The van der Waals surface area contributed by atoms with E-state index in [0.717, 1.165) is 10.7 Å². The van der Waals surface area contributed by atoms with E-state index in [1.807, 2.05) is 6.07 Å². The number of pyridine rings is 1. The highest BCUT2D eigenvalue weighted by Crippen LogP contribution is 2.29. The molecule has 0 saturated carbocycles. The molecule has 1 amide bonds. The van der Waals surface area contributed by atoms with Crippen molar-refractivity contribution in [3.63, 3.8) is 0 Å². The number of likely N-dealkylation sites (tertiary alicyclic amines) is 1. The minimum atomic E-state index is -4.54. The molecule has 0 radical (unpaired) electrons. The molecule has 1 aliphatic heterocycles. The maximum absolute atomic E-state index is 12.8. The van der Waals surface area contributed by atoms with Crippen molar-refractivity contribution < 1.29 is 22.5 Å². The first-order valence-electron chi connectivity index (χ1n) is 8.95. The number of halogens is 3. The highest BCUT2D eigenvalue weighted by atomic mass is 19.4. The van der Waals surface area contributed by atoms with Crippen LogP contribution in [0.3, 0.4) is 0 Å². The fraction of sp³-hybridized carbons (Fsp3) is 0.389. The maximum Gasteiger partial charge on any atom is 0.435 e. The molecule has 1 atom stereocenters. The summed E-state index contributed by atoms with van der Waals surface area (Å²) in [6.07, 6.45) is -2.28. The van der Waals surface area contributed by atoms with Crippen LogP contribution in [-0.4, -0.2) is 48.8 Å². The SMILES string of the molecule is Cc1cc(C(F)(F)F)nn1CC(=O)N1CCC(c2noc(-c3ccccn3)n2)C1. The molecule has 1 fully saturated rings. The Bertz CT molecular complexity index is 1010. The van der Waals surface area contributed by atoms with Gasteiger partial charge in [-0.2, -0.15) is 23.3 Å². The molecule has 1 saturated heterocycles. The van der Waals surface area contributed by atoms with Crippen LogP contribution in [0.2, 0.25) is 0 Å². The number of alkyl halides is 3. The summed E-state index contributed by atoms with van der Waals surface area (Å²) in [4.78, 5) is 22.6. The lowest BCUT2D eigenvalue weighted by atomic mass is 10.1. The zero-order valence-electron chi connectivity index (χ0n) is 15.4. The molecule has 4 rings (SSSR count). The van der Waals surface area contributed by atoms with Crippen LogP contribution >= 0.6 is 0 Å². The standard InChI is InChI=1S/C18H17F3N6O2/c1-11-8-14(18(19,20)21)24-27(11)10-15(28)26-7-5-12(9-26)16-23-17(29-25-16)13-4-2-3-6-22-13/h2-4,6,8,12H,5,7,9-10H2,1H3. The molecule has 0 aromatic carbocycles. The van der Waals surface area contributed by atoms with Crippen molar-refractivity contribution in [2.24, 2.45) is 0 Å². The van der Waals surface area contributed by atoms with Gasteiger partial charge in [-0.3, -0.25) is 14.5 Å². The fourth-order valence-electron chi connectivity index (χ4n) is 3.23. The lowest BCUT2D eigenvalue weighted by Gasteiger charge is -2.16. The van der Waals surface area contributed by atoms with Crippen molar-refractivity contribution in [3.05, 3.63) is 47.7 Å². The number of amides is 1. The first kappa shape index (κ1) is 19.1. The molecule has 0 spiro atoms. The summed E-state index contributed by atoms with van der Waals surface area (Å²) in [6.45, 7) is 2.07. The predicted octanol–water partition coefficient (Wildman–Crippen LogP) is 2.67. The summed E-state index contributed by atoms with van der Waals surface area (Å²) in [5.74, 6) is 0.373. The quantitative estimate of drug-likeness (QED) is 0.662. The molecule has 1 aliphatic rings. The summed E-state index contributed by atoms with van der Waals surface area (Å²) in [7, 11) is 0. The third-order valence-corrected chi connectivity index (χ3v) is 4.79. The smallest absolute Gasteiger partial charge is 0.340 e. The number of carbonyl (C=O) groups excluding carboxylic acids is 1. The lowest BCUT2D eigenvalue weighted by Crippen LogP contribution is -2.32.